The van der Waals surface area contributed by atoms with Crippen molar-refractivity contribution in [2.75, 3.05) is 0 Å². The molecule has 2 aromatic carbocycles. The molecule has 0 aliphatic heterocycles. The maximum atomic E-state index is 13.0. The van der Waals surface area contributed by atoms with Gasteiger partial charge >= 0.3 is 0 Å². The van der Waals surface area contributed by atoms with Gasteiger partial charge in [0.2, 0.25) is 0 Å². The van der Waals surface area contributed by atoms with Crippen molar-refractivity contribution < 1.29 is 13.6 Å². The molecule has 104 valence electrons. The van der Waals surface area contributed by atoms with E-state index in [4.69, 9.17) is 16.0 Å². The molecule has 1 heterocycles. The topological polar surface area (TPSA) is 47.3 Å². The fourth-order valence-corrected chi connectivity index (χ4v) is 2.24. The summed E-state index contributed by atoms with van der Waals surface area (Å²) in [6.45, 7) is 0. The summed E-state index contributed by atoms with van der Waals surface area (Å²) in [6.07, 6.45) is 0. The number of carbonyl (C=O) groups excluding carboxylic acids is 1. The maximum absolute atomic E-state index is 13.0. The molecular formula is C16H8ClFO3. The molecule has 0 atom stereocenters. The maximum Gasteiger partial charge on any atom is 0.256 e. The Morgan fingerprint density at radius 2 is 1.81 bits per heavy atom. The molecule has 0 saturated heterocycles. The smallest absolute Gasteiger partial charge is 0.256 e. The molecule has 3 rings (SSSR count). The number of carbonyl (C=O) groups is 1. The Hall–Kier alpha value is -2.46. The molecule has 0 saturated carbocycles. The van der Waals surface area contributed by atoms with Crippen LogP contribution in [0, 0.1) is 5.82 Å². The molecule has 0 unspecified atom stereocenters. The zero-order valence-electron chi connectivity index (χ0n) is 10.6. The minimum atomic E-state index is -0.708. The summed E-state index contributed by atoms with van der Waals surface area (Å²) in [5.41, 5.74) is 0.488. The lowest BCUT2D eigenvalue weighted by Crippen LogP contribution is -2.03. The highest BCUT2D eigenvalue weighted by Gasteiger charge is 2.13. The summed E-state index contributed by atoms with van der Waals surface area (Å²) in [4.78, 5) is 23.5. The molecule has 21 heavy (non-hydrogen) atoms. The van der Waals surface area contributed by atoms with Gasteiger partial charge in [0, 0.05) is 11.6 Å². The zero-order valence-corrected chi connectivity index (χ0v) is 11.4. The third kappa shape index (κ3) is 2.45. The van der Waals surface area contributed by atoms with Crippen molar-refractivity contribution in [3.05, 3.63) is 70.1 Å². The first-order valence-corrected chi connectivity index (χ1v) is 6.47. The molecule has 0 bridgehead atoms. The molecule has 5 heteroatoms. The Labute approximate surface area is 123 Å². The van der Waals surface area contributed by atoms with E-state index in [1.54, 1.807) is 12.1 Å². The van der Waals surface area contributed by atoms with Gasteiger partial charge in [-0.2, -0.15) is 0 Å². The Balaban J connectivity index is 2.31. The molecular weight excluding hydrogens is 295 g/mol. The molecule has 0 aliphatic rings. The fraction of sp³-hybridized carbons (Fsp3) is 0. The van der Waals surface area contributed by atoms with Gasteiger partial charge in [-0.15, -0.1) is 0 Å². The van der Waals surface area contributed by atoms with E-state index in [-0.39, 0.29) is 27.7 Å². The monoisotopic (exact) mass is 302 g/mol. The van der Waals surface area contributed by atoms with Gasteiger partial charge in [0.15, 0.2) is 11.0 Å². The molecule has 0 spiro atoms. The van der Waals surface area contributed by atoms with E-state index >= 15 is 0 Å². The van der Waals surface area contributed by atoms with Crippen LogP contribution in [0.5, 0.6) is 0 Å². The van der Waals surface area contributed by atoms with Crippen LogP contribution in [0.2, 0.25) is 0 Å². The van der Waals surface area contributed by atoms with Crippen molar-refractivity contribution in [1.29, 1.82) is 0 Å². The highest BCUT2D eigenvalue weighted by Crippen LogP contribution is 2.25. The summed E-state index contributed by atoms with van der Waals surface area (Å²) >= 11 is 5.50. The predicted molar refractivity (Wildman–Crippen MR) is 78.1 cm³/mol. The summed E-state index contributed by atoms with van der Waals surface area (Å²) in [7, 11) is 0. The van der Waals surface area contributed by atoms with Gasteiger partial charge in [0.1, 0.15) is 11.6 Å². The summed E-state index contributed by atoms with van der Waals surface area (Å²) in [5.74, 6) is -0.142. The fourth-order valence-electron chi connectivity index (χ4n) is 2.09. The zero-order chi connectivity index (χ0) is 15.0. The Morgan fingerprint density at radius 1 is 1.10 bits per heavy atom. The van der Waals surface area contributed by atoms with Crippen LogP contribution >= 0.6 is 11.6 Å². The van der Waals surface area contributed by atoms with Crippen molar-refractivity contribution in [1.82, 2.24) is 0 Å². The van der Waals surface area contributed by atoms with E-state index in [0.717, 1.165) is 0 Å². The molecule has 0 radical (unpaired) electrons. The lowest BCUT2D eigenvalue weighted by molar-refractivity contribution is 0.108. The first-order chi connectivity index (χ1) is 10.1. The number of hydrogen-bond donors (Lipinski definition) is 0. The second kappa shape index (κ2) is 5.14. The van der Waals surface area contributed by atoms with Crippen LogP contribution < -0.4 is 5.43 Å². The third-order valence-corrected chi connectivity index (χ3v) is 3.30. The van der Waals surface area contributed by atoms with Crippen molar-refractivity contribution in [2.45, 2.75) is 0 Å². The van der Waals surface area contributed by atoms with E-state index < -0.39 is 11.1 Å². The van der Waals surface area contributed by atoms with E-state index in [1.165, 1.54) is 36.4 Å². The number of hydrogen-bond acceptors (Lipinski definition) is 3. The van der Waals surface area contributed by atoms with E-state index in [0.29, 0.717) is 5.56 Å². The molecule has 3 nitrogen and oxygen atoms in total. The van der Waals surface area contributed by atoms with Crippen LogP contribution in [0.15, 0.2) is 57.7 Å². The number of halogens is 2. The normalized spacial score (nSPS) is 10.8. The Morgan fingerprint density at radius 3 is 2.48 bits per heavy atom. The largest absolute Gasteiger partial charge is 0.455 e. The van der Waals surface area contributed by atoms with Gasteiger partial charge in [-0.1, -0.05) is 6.07 Å². The first kappa shape index (κ1) is 13.5. The summed E-state index contributed by atoms with van der Waals surface area (Å²) in [6, 6.07) is 11.4. The van der Waals surface area contributed by atoms with Crippen molar-refractivity contribution in [3.8, 4) is 11.3 Å². The highest BCUT2D eigenvalue weighted by atomic mass is 35.5. The molecule has 3 aromatic rings. The molecule has 0 N–H and O–H groups in total. The Kier molecular flexibility index (Phi) is 3.31. The Bertz CT molecular complexity index is 898. The lowest BCUT2D eigenvalue weighted by atomic mass is 10.1. The van der Waals surface area contributed by atoms with Crippen LogP contribution in [0.25, 0.3) is 22.3 Å². The first-order valence-electron chi connectivity index (χ1n) is 6.09. The molecule has 0 aliphatic carbocycles. The van der Waals surface area contributed by atoms with E-state index in [2.05, 4.69) is 0 Å². The second-order valence-electron chi connectivity index (χ2n) is 4.44. The lowest BCUT2D eigenvalue weighted by Gasteiger charge is -2.05. The number of rotatable bonds is 2. The van der Waals surface area contributed by atoms with Gasteiger partial charge < -0.3 is 4.42 Å². The predicted octanol–water partition coefficient (Wildman–Crippen LogP) is 3.98. The van der Waals surface area contributed by atoms with Gasteiger partial charge in [-0.3, -0.25) is 9.59 Å². The van der Waals surface area contributed by atoms with Crippen molar-refractivity contribution in [2.24, 2.45) is 0 Å². The van der Waals surface area contributed by atoms with Crippen LogP contribution in [-0.2, 0) is 0 Å². The van der Waals surface area contributed by atoms with Crippen LogP contribution in [0.3, 0.4) is 0 Å². The molecule has 0 fully saturated rings. The second-order valence-corrected chi connectivity index (χ2v) is 4.78. The van der Waals surface area contributed by atoms with Crippen molar-refractivity contribution >= 4 is 27.8 Å². The van der Waals surface area contributed by atoms with Crippen molar-refractivity contribution in [3.63, 3.8) is 0 Å². The van der Waals surface area contributed by atoms with Gasteiger partial charge in [0.05, 0.1) is 10.9 Å². The summed E-state index contributed by atoms with van der Waals surface area (Å²) < 4.78 is 18.6. The minimum absolute atomic E-state index is 0.121. The highest BCUT2D eigenvalue weighted by molar-refractivity contribution is 6.68. The molecule has 0 amide bonds. The van der Waals surface area contributed by atoms with Crippen LogP contribution in [0.1, 0.15) is 10.4 Å². The quantitative estimate of drug-likeness (QED) is 0.673. The minimum Gasteiger partial charge on any atom is -0.455 e. The van der Waals surface area contributed by atoms with Gasteiger partial charge in [-0.05, 0) is 48.0 Å². The standard InChI is InChI=1S/C16H8ClFO3/c17-16(20)12-3-1-2-11-13(19)8-14(21-15(11)12)9-4-6-10(18)7-5-9/h1-8H. The SMILES string of the molecule is O=C(Cl)c1cccc2c(=O)cc(-c3ccc(F)cc3)oc12. The van der Waals surface area contributed by atoms with Gasteiger partial charge in [0.25, 0.3) is 5.24 Å². The average Bonchev–Trinajstić information content (AvgIpc) is 2.47. The molecule has 1 aromatic heterocycles. The van der Waals surface area contributed by atoms with E-state index in [1.807, 2.05) is 0 Å². The third-order valence-electron chi connectivity index (χ3n) is 3.10. The average molecular weight is 303 g/mol. The summed E-state index contributed by atoms with van der Waals surface area (Å²) in [5, 5.41) is -0.438. The number of para-hydroxylation sites is 1. The van der Waals surface area contributed by atoms with Crippen LogP contribution in [0.4, 0.5) is 4.39 Å². The number of fused-ring (bicyclic) bond motifs is 1. The number of benzene rings is 2. The van der Waals surface area contributed by atoms with E-state index in [9.17, 15) is 14.0 Å². The van der Waals surface area contributed by atoms with Crippen LogP contribution in [-0.4, -0.2) is 5.24 Å². The van der Waals surface area contributed by atoms with Gasteiger partial charge in [-0.25, -0.2) is 4.39 Å².